The molecule has 5 nitrogen and oxygen atoms in total. The smallest absolute Gasteiger partial charge is 0.0628 e. The van der Waals surface area contributed by atoms with E-state index in [1.165, 1.54) is 11.3 Å². The fourth-order valence-electron chi connectivity index (χ4n) is 2.29. The van der Waals surface area contributed by atoms with E-state index in [0.717, 1.165) is 58.0 Å². The maximum absolute atomic E-state index is 5.37. The van der Waals surface area contributed by atoms with Crippen molar-refractivity contribution in [2.75, 3.05) is 40.0 Å². The van der Waals surface area contributed by atoms with Crippen LogP contribution in [0, 0.1) is 13.8 Å². The maximum Gasteiger partial charge on any atom is 0.0628 e. The van der Waals surface area contributed by atoms with Crippen LogP contribution in [-0.2, 0) is 22.4 Å². The number of methoxy groups -OCH3 is 1. The number of rotatable bonds is 11. The summed E-state index contributed by atoms with van der Waals surface area (Å²) in [6.07, 6.45) is 2.04. The Bertz CT molecular complexity index is 377. The molecule has 1 rings (SSSR count). The van der Waals surface area contributed by atoms with Crippen molar-refractivity contribution in [1.29, 1.82) is 0 Å². The van der Waals surface area contributed by atoms with Gasteiger partial charge in [-0.15, -0.1) is 0 Å². The number of hydrogen-bond donors (Lipinski definition) is 1. The number of nitrogens with zero attached hydrogens (tertiary/aromatic N) is 2. The molecule has 0 aromatic carbocycles. The molecule has 0 fully saturated rings. The summed E-state index contributed by atoms with van der Waals surface area (Å²) >= 11 is 0. The maximum atomic E-state index is 5.37. The van der Waals surface area contributed by atoms with Crippen molar-refractivity contribution in [2.24, 2.45) is 0 Å². The molecule has 1 heterocycles. The number of aryl methyl sites for hydroxylation is 2. The van der Waals surface area contributed by atoms with Crippen molar-refractivity contribution in [1.82, 2.24) is 15.1 Å². The van der Waals surface area contributed by atoms with Gasteiger partial charge in [0.1, 0.15) is 0 Å². The molecule has 0 bridgehead atoms. The van der Waals surface area contributed by atoms with Gasteiger partial charge >= 0.3 is 0 Å². The van der Waals surface area contributed by atoms with E-state index in [1.807, 2.05) is 6.92 Å². The second-order valence-corrected chi connectivity index (χ2v) is 4.92. The fraction of sp³-hybridized carbons (Fsp3) is 0.800. The summed E-state index contributed by atoms with van der Waals surface area (Å²) in [5.41, 5.74) is 3.80. The van der Waals surface area contributed by atoms with Gasteiger partial charge in [0.15, 0.2) is 0 Å². The second kappa shape index (κ2) is 9.91. The summed E-state index contributed by atoms with van der Waals surface area (Å²) in [5.74, 6) is 0. The van der Waals surface area contributed by atoms with Gasteiger partial charge < -0.3 is 14.8 Å². The first kappa shape index (κ1) is 17.1. The van der Waals surface area contributed by atoms with Crippen LogP contribution in [0.3, 0.4) is 0 Å². The zero-order chi connectivity index (χ0) is 14.8. The molecular weight excluding hydrogens is 254 g/mol. The third-order valence-corrected chi connectivity index (χ3v) is 3.43. The van der Waals surface area contributed by atoms with Gasteiger partial charge in [0.25, 0.3) is 0 Å². The van der Waals surface area contributed by atoms with Gasteiger partial charge in [-0.25, -0.2) is 0 Å². The van der Waals surface area contributed by atoms with Gasteiger partial charge in [-0.1, -0.05) is 0 Å². The van der Waals surface area contributed by atoms with Crippen molar-refractivity contribution in [3.8, 4) is 0 Å². The number of ether oxygens (including phenoxy) is 2. The fourth-order valence-corrected chi connectivity index (χ4v) is 2.29. The molecule has 0 aliphatic carbocycles. The van der Waals surface area contributed by atoms with Gasteiger partial charge in [0.2, 0.25) is 0 Å². The normalized spacial score (nSPS) is 11.2. The average Bonchev–Trinajstić information content (AvgIpc) is 2.70. The number of hydrogen-bond acceptors (Lipinski definition) is 4. The quantitative estimate of drug-likeness (QED) is 0.628. The molecule has 5 heteroatoms. The van der Waals surface area contributed by atoms with Crippen LogP contribution in [0.2, 0.25) is 0 Å². The van der Waals surface area contributed by atoms with Crippen LogP contribution in [0.25, 0.3) is 0 Å². The van der Waals surface area contributed by atoms with E-state index < -0.39 is 0 Å². The van der Waals surface area contributed by atoms with E-state index in [4.69, 9.17) is 9.47 Å². The predicted octanol–water partition coefficient (Wildman–Crippen LogP) is 1.71. The minimum absolute atomic E-state index is 0.759. The molecule has 0 unspecified atom stereocenters. The highest BCUT2D eigenvalue weighted by Crippen LogP contribution is 2.13. The minimum Gasteiger partial charge on any atom is -0.383 e. The summed E-state index contributed by atoms with van der Waals surface area (Å²) in [6, 6.07) is 0. The van der Waals surface area contributed by atoms with Crippen molar-refractivity contribution in [2.45, 2.75) is 40.2 Å². The van der Waals surface area contributed by atoms with Gasteiger partial charge in [-0.2, -0.15) is 5.10 Å². The Morgan fingerprint density at radius 2 is 2.00 bits per heavy atom. The Balaban J connectivity index is 2.40. The van der Waals surface area contributed by atoms with Crippen LogP contribution in [0.1, 0.15) is 30.3 Å². The molecule has 0 saturated heterocycles. The molecule has 0 amide bonds. The molecule has 0 atom stereocenters. The lowest BCUT2D eigenvalue weighted by atomic mass is 10.1. The molecule has 1 aromatic heterocycles. The standard InChI is InChI=1S/C15H29N3O2/c1-5-20-11-6-10-18-14(3)15(13(2)17-18)7-8-16-9-12-19-4/h16H,5-12H2,1-4H3. The summed E-state index contributed by atoms with van der Waals surface area (Å²) in [7, 11) is 1.72. The van der Waals surface area contributed by atoms with Crippen LogP contribution in [0.5, 0.6) is 0 Å². The Labute approximate surface area is 122 Å². The highest BCUT2D eigenvalue weighted by atomic mass is 16.5. The van der Waals surface area contributed by atoms with Gasteiger partial charge in [-0.05, 0) is 45.7 Å². The molecule has 0 aliphatic heterocycles. The molecule has 1 N–H and O–H groups in total. The average molecular weight is 283 g/mol. The van der Waals surface area contributed by atoms with Crippen LogP contribution >= 0.6 is 0 Å². The van der Waals surface area contributed by atoms with E-state index in [-0.39, 0.29) is 0 Å². The molecule has 116 valence electrons. The van der Waals surface area contributed by atoms with E-state index in [1.54, 1.807) is 7.11 Å². The van der Waals surface area contributed by atoms with Gasteiger partial charge in [-0.3, -0.25) is 4.68 Å². The van der Waals surface area contributed by atoms with E-state index >= 15 is 0 Å². The van der Waals surface area contributed by atoms with Crippen molar-refractivity contribution in [3.63, 3.8) is 0 Å². The lowest BCUT2D eigenvalue weighted by Gasteiger charge is -2.07. The Morgan fingerprint density at radius 3 is 2.70 bits per heavy atom. The molecular formula is C15H29N3O2. The summed E-state index contributed by atoms with van der Waals surface area (Å²) in [4.78, 5) is 0. The molecule has 0 aliphatic rings. The highest BCUT2D eigenvalue weighted by molar-refractivity contribution is 5.24. The zero-order valence-electron chi connectivity index (χ0n) is 13.4. The monoisotopic (exact) mass is 283 g/mol. The largest absolute Gasteiger partial charge is 0.383 e. The lowest BCUT2D eigenvalue weighted by Crippen LogP contribution is -2.22. The van der Waals surface area contributed by atoms with E-state index in [2.05, 4.69) is 28.9 Å². The topological polar surface area (TPSA) is 48.3 Å². The summed E-state index contributed by atoms with van der Waals surface area (Å²) in [5, 5.41) is 8.01. The molecule has 1 aromatic rings. The molecule has 0 saturated carbocycles. The third-order valence-electron chi connectivity index (χ3n) is 3.43. The van der Waals surface area contributed by atoms with Gasteiger partial charge in [0, 0.05) is 39.1 Å². The zero-order valence-corrected chi connectivity index (χ0v) is 13.4. The number of nitrogens with one attached hydrogen (secondary N) is 1. The minimum atomic E-state index is 0.759. The Hall–Kier alpha value is -0.910. The van der Waals surface area contributed by atoms with Crippen molar-refractivity contribution < 1.29 is 9.47 Å². The van der Waals surface area contributed by atoms with E-state index in [0.29, 0.717) is 0 Å². The molecule has 20 heavy (non-hydrogen) atoms. The van der Waals surface area contributed by atoms with Crippen molar-refractivity contribution in [3.05, 3.63) is 17.0 Å². The molecule has 0 spiro atoms. The van der Waals surface area contributed by atoms with Gasteiger partial charge in [0.05, 0.1) is 12.3 Å². The highest BCUT2D eigenvalue weighted by Gasteiger charge is 2.10. The molecule has 0 radical (unpaired) electrons. The summed E-state index contributed by atoms with van der Waals surface area (Å²) in [6.45, 7) is 11.4. The van der Waals surface area contributed by atoms with Crippen LogP contribution in [0.15, 0.2) is 0 Å². The Kier molecular flexibility index (Phi) is 8.49. The number of aromatic nitrogens is 2. The van der Waals surface area contributed by atoms with Crippen LogP contribution < -0.4 is 5.32 Å². The summed E-state index contributed by atoms with van der Waals surface area (Å²) < 4.78 is 12.5. The predicted molar refractivity (Wildman–Crippen MR) is 81.3 cm³/mol. The second-order valence-electron chi connectivity index (χ2n) is 4.92. The SMILES string of the molecule is CCOCCCn1nc(C)c(CCNCCOC)c1C. The van der Waals surface area contributed by atoms with Crippen LogP contribution in [-0.4, -0.2) is 49.8 Å². The first-order valence-electron chi connectivity index (χ1n) is 7.51. The van der Waals surface area contributed by atoms with Crippen LogP contribution in [0.4, 0.5) is 0 Å². The van der Waals surface area contributed by atoms with E-state index in [9.17, 15) is 0 Å². The third kappa shape index (κ3) is 5.61. The first-order valence-corrected chi connectivity index (χ1v) is 7.51. The first-order chi connectivity index (χ1) is 9.70. The Morgan fingerprint density at radius 1 is 1.20 bits per heavy atom. The van der Waals surface area contributed by atoms with Crippen molar-refractivity contribution >= 4 is 0 Å². The lowest BCUT2D eigenvalue weighted by molar-refractivity contribution is 0.140.